The minimum atomic E-state index is -0.332. The van der Waals surface area contributed by atoms with E-state index in [-0.39, 0.29) is 24.4 Å². The maximum atomic E-state index is 13.3. The van der Waals surface area contributed by atoms with Gasteiger partial charge in [-0.1, -0.05) is 18.2 Å². The zero-order valence-corrected chi connectivity index (χ0v) is 17.5. The number of benzene rings is 3. The second-order valence-corrected chi connectivity index (χ2v) is 7.30. The molecule has 1 aliphatic rings. The minimum absolute atomic E-state index is 0.0614. The van der Waals surface area contributed by atoms with Crippen molar-refractivity contribution in [3.8, 4) is 17.2 Å². The first-order chi connectivity index (χ1) is 15.1. The van der Waals surface area contributed by atoms with Crippen LogP contribution in [0.1, 0.15) is 27.5 Å². The Labute approximate surface area is 181 Å². The molecule has 0 saturated carbocycles. The van der Waals surface area contributed by atoms with Crippen molar-refractivity contribution >= 4 is 5.91 Å². The van der Waals surface area contributed by atoms with Crippen LogP contribution < -0.4 is 14.2 Å². The van der Waals surface area contributed by atoms with E-state index in [4.69, 9.17) is 14.2 Å². The number of hydrogen-bond donors (Lipinski definition) is 0. The highest BCUT2D eigenvalue weighted by molar-refractivity contribution is 5.94. The first-order valence-corrected chi connectivity index (χ1v) is 10.1. The van der Waals surface area contributed by atoms with Crippen LogP contribution in [0.3, 0.4) is 0 Å². The van der Waals surface area contributed by atoms with E-state index in [9.17, 15) is 9.18 Å². The van der Waals surface area contributed by atoms with Crippen LogP contribution in [0, 0.1) is 5.82 Å². The van der Waals surface area contributed by atoms with E-state index in [0.29, 0.717) is 35.8 Å². The molecule has 0 fully saturated rings. The van der Waals surface area contributed by atoms with Gasteiger partial charge in [0.1, 0.15) is 18.2 Å². The molecule has 0 spiro atoms. The zero-order chi connectivity index (χ0) is 21.8. The molecule has 0 radical (unpaired) electrons. The third kappa shape index (κ3) is 4.33. The normalized spacial score (nSPS) is 15.2. The number of carbonyl (C=O) groups is 1. The van der Waals surface area contributed by atoms with Gasteiger partial charge in [0.2, 0.25) is 0 Å². The molecule has 0 unspecified atom stereocenters. The van der Waals surface area contributed by atoms with Gasteiger partial charge >= 0.3 is 0 Å². The first kappa shape index (κ1) is 20.7. The molecular weight excluding hydrogens is 397 g/mol. The van der Waals surface area contributed by atoms with Gasteiger partial charge in [0.15, 0.2) is 11.5 Å². The van der Waals surface area contributed by atoms with Crippen molar-refractivity contribution in [3.05, 3.63) is 89.2 Å². The number of methoxy groups -OCH3 is 2. The largest absolute Gasteiger partial charge is 0.493 e. The van der Waals surface area contributed by atoms with Gasteiger partial charge in [0.25, 0.3) is 5.91 Å². The summed E-state index contributed by atoms with van der Waals surface area (Å²) in [6, 6.07) is 18.6. The van der Waals surface area contributed by atoms with Crippen LogP contribution >= 0.6 is 0 Å². The monoisotopic (exact) mass is 421 g/mol. The van der Waals surface area contributed by atoms with Crippen molar-refractivity contribution in [2.75, 3.05) is 27.4 Å². The fraction of sp³-hybridized carbons (Fsp3) is 0.240. The number of rotatable bonds is 6. The number of carbonyl (C=O) groups excluding carboxylic acids is 1. The number of halogens is 1. The molecule has 1 heterocycles. The average Bonchev–Trinajstić information content (AvgIpc) is 2.82. The topological polar surface area (TPSA) is 48.0 Å². The standard InChI is InChI=1S/C25H24FNO4/c1-29-23-14-18-12-13-27(25(28)17-6-4-3-5-7-17)22(21(18)15-24(23)30-2)16-31-20-10-8-19(26)9-11-20/h3-11,14-15,22H,12-13,16H2,1-2H3/t22-/m1/s1. The SMILES string of the molecule is COc1cc2c(cc1OC)[C@@H](COc1ccc(F)cc1)N(C(=O)c1ccccc1)CC2. The minimum Gasteiger partial charge on any atom is -0.493 e. The van der Waals surface area contributed by atoms with Crippen molar-refractivity contribution in [1.29, 1.82) is 0 Å². The van der Waals surface area contributed by atoms with Gasteiger partial charge in [-0.15, -0.1) is 0 Å². The fourth-order valence-corrected chi connectivity index (χ4v) is 3.90. The van der Waals surface area contributed by atoms with Crippen LogP contribution in [0.25, 0.3) is 0 Å². The highest BCUT2D eigenvalue weighted by atomic mass is 19.1. The Morgan fingerprint density at radius 1 is 1.00 bits per heavy atom. The smallest absolute Gasteiger partial charge is 0.254 e. The molecule has 5 nitrogen and oxygen atoms in total. The van der Waals surface area contributed by atoms with Gasteiger partial charge in [0.05, 0.1) is 20.3 Å². The van der Waals surface area contributed by atoms with Crippen LogP contribution in [-0.2, 0) is 6.42 Å². The van der Waals surface area contributed by atoms with Crippen molar-refractivity contribution < 1.29 is 23.4 Å². The Hall–Kier alpha value is -3.54. The molecule has 31 heavy (non-hydrogen) atoms. The Morgan fingerprint density at radius 3 is 2.35 bits per heavy atom. The van der Waals surface area contributed by atoms with Crippen LogP contribution in [0.15, 0.2) is 66.7 Å². The van der Waals surface area contributed by atoms with E-state index in [1.807, 2.05) is 47.4 Å². The number of ether oxygens (including phenoxy) is 3. The third-order valence-corrected chi connectivity index (χ3v) is 5.51. The summed E-state index contributed by atoms with van der Waals surface area (Å²) < 4.78 is 30.2. The van der Waals surface area contributed by atoms with E-state index < -0.39 is 0 Å². The maximum Gasteiger partial charge on any atom is 0.254 e. The van der Waals surface area contributed by atoms with Crippen molar-refractivity contribution in [2.24, 2.45) is 0 Å². The summed E-state index contributed by atoms with van der Waals surface area (Å²) in [7, 11) is 3.19. The molecule has 0 aliphatic carbocycles. The Balaban J connectivity index is 1.69. The van der Waals surface area contributed by atoms with Gasteiger partial charge in [0, 0.05) is 12.1 Å². The van der Waals surface area contributed by atoms with Gasteiger partial charge in [-0.25, -0.2) is 4.39 Å². The first-order valence-electron chi connectivity index (χ1n) is 10.1. The molecule has 6 heteroatoms. The Kier molecular flexibility index (Phi) is 6.07. The second kappa shape index (κ2) is 9.08. The highest BCUT2D eigenvalue weighted by Gasteiger charge is 2.33. The summed E-state index contributed by atoms with van der Waals surface area (Å²) in [5.41, 5.74) is 2.66. The van der Waals surface area contributed by atoms with Crippen LogP contribution in [0.5, 0.6) is 17.2 Å². The molecule has 160 valence electrons. The number of fused-ring (bicyclic) bond motifs is 1. The van der Waals surface area contributed by atoms with E-state index >= 15 is 0 Å². The molecule has 0 bridgehead atoms. The molecule has 3 aromatic rings. The molecule has 1 atom stereocenters. The van der Waals surface area contributed by atoms with E-state index in [2.05, 4.69) is 0 Å². The predicted molar refractivity (Wildman–Crippen MR) is 115 cm³/mol. The van der Waals surface area contributed by atoms with Crippen LogP contribution in [0.2, 0.25) is 0 Å². The predicted octanol–water partition coefficient (Wildman–Crippen LogP) is 4.66. The summed E-state index contributed by atoms with van der Waals surface area (Å²) in [5.74, 6) is 1.41. The lowest BCUT2D eigenvalue weighted by Gasteiger charge is -2.37. The molecule has 0 aromatic heterocycles. The van der Waals surface area contributed by atoms with E-state index in [1.54, 1.807) is 26.4 Å². The number of hydrogen-bond acceptors (Lipinski definition) is 4. The summed E-state index contributed by atoms with van der Waals surface area (Å²) in [4.78, 5) is 15.1. The molecule has 3 aromatic carbocycles. The van der Waals surface area contributed by atoms with Crippen molar-refractivity contribution in [2.45, 2.75) is 12.5 Å². The van der Waals surface area contributed by atoms with Crippen LogP contribution in [-0.4, -0.2) is 38.2 Å². The third-order valence-electron chi connectivity index (χ3n) is 5.51. The maximum absolute atomic E-state index is 13.3. The Morgan fingerprint density at radius 2 is 1.68 bits per heavy atom. The van der Waals surface area contributed by atoms with Gasteiger partial charge in [-0.05, 0) is 66.1 Å². The Bertz CT molecular complexity index is 1050. The lowest BCUT2D eigenvalue weighted by Crippen LogP contribution is -2.42. The van der Waals surface area contributed by atoms with Crippen molar-refractivity contribution in [1.82, 2.24) is 4.90 Å². The summed E-state index contributed by atoms with van der Waals surface area (Å²) in [5, 5.41) is 0. The van der Waals surface area contributed by atoms with Gasteiger partial charge in [-0.3, -0.25) is 4.79 Å². The van der Waals surface area contributed by atoms with Gasteiger partial charge in [-0.2, -0.15) is 0 Å². The number of nitrogens with zero attached hydrogens (tertiary/aromatic N) is 1. The van der Waals surface area contributed by atoms with E-state index in [0.717, 1.165) is 11.1 Å². The number of amides is 1. The molecule has 1 aliphatic heterocycles. The van der Waals surface area contributed by atoms with E-state index in [1.165, 1.54) is 12.1 Å². The van der Waals surface area contributed by atoms with Gasteiger partial charge < -0.3 is 19.1 Å². The fourth-order valence-electron chi connectivity index (χ4n) is 3.90. The average molecular weight is 421 g/mol. The lowest BCUT2D eigenvalue weighted by atomic mass is 9.91. The molecule has 0 N–H and O–H groups in total. The molecular formula is C25H24FNO4. The summed E-state index contributed by atoms with van der Waals surface area (Å²) in [6.07, 6.45) is 0.696. The summed E-state index contributed by atoms with van der Waals surface area (Å²) in [6.45, 7) is 0.778. The second-order valence-electron chi connectivity index (χ2n) is 7.30. The van der Waals surface area contributed by atoms with Crippen LogP contribution in [0.4, 0.5) is 4.39 Å². The van der Waals surface area contributed by atoms with Crippen molar-refractivity contribution in [3.63, 3.8) is 0 Å². The summed E-state index contributed by atoms with van der Waals surface area (Å²) >= 11 is 0. The quantitative estimate of drug-likeness (QED) is 0.581. The molecule has 4 rings (SSSR count). The zero-order valence-electron chi connectivity index (χ0n) is 17.5. The lowest BCUT2D eigenvalue weighted by molar-refractivity contribution is 0.0589. The molecule has 1 amide bonds. The molecule has 0 saturated heterocycles. The highest BCUT2D eigenvalue weighted by Crippen LogP contribution is 2.39.